The molecule has 6 heteroatoms. The van der Waals surface area contributed by atoms with Crippen molar-refractivity contribution in [2.24, 2.45) is 0 Å². The zero-order chi connectivity index (χ0) is 14.4. The van der Waals surface area contributed by atoms with Gasteiger partial charge in [-0.2, -0.15) is 0 Å². The normalized spacial score (nSPS) is 20.2. The maximum atomic E-state index is 13.4. The van der Waals surface area contributed by atoms with Gasteiger partial charge >= 0.3 is 0 Å². The minimum Gasteiger partial charge on any atom is -0.347 e. The molecule has 1 unspecified atom stereocenters. The first kappa shape index (κ1) is 12.5. The highest BCUT2D eigenvalue weighted by Crippen LogP contribution is 2.29. The molecule has 0 spiro atoms. The first-order valence-corrected chi connectivity index (χ1v) is 7.06. The number of anilines is 1. The second-order valence-corrected chi connectivity index (χ2v) is 5.48. The molecule has 3 heterocycles. The van der Waals surface area contributed by atoms with Gasteiger partial charge < -0.3 is 9.88 Å². The summed E-state index contributed by atoms with van der Waals surface area (Å²) in [4.78, 5) is 21.7. The number of fused-ring (bicyclic) bond motifs is 2. The third-order valence-electron chi connectivity index (χ3n) is 4.24. The fraction of sp³-hybridized carbons (Fsp3) is 0.333. The van der Waals surface area contributed by atoms with E-state index in [1.165, 1.54) is 12.1 Å². The number of carbonyl (C=O) groups excluding carboxylic acids is 1. The lowest BCUT2D eigenvalue weighted by molar-refractivity contribution is -0.120. The molecule has 0 aliphatic carbocycles. The minimum atomic E-state index is -0.306. The fourth-order valence-electron chi connectivity index (χ4n) is 3.11. The molecule has 4 rings (SSSR count). The number of nitrogens with zero attached hydrogens (tertiary/aromatic N) is 2. The van der Waals surface area contributed by atoms with Crippen LogP contribution in [0.3, 0.4) is 0 Å². The van der Waals surface area contributed by atoms with Gasteiger partial charge in [0, 0.05) is 25.2 Å². The fourth-order valence-corrected chi connectivity index (χ4v) is 3.11. The molecule has 0 radical (unpaired) electrons. The Morgan fingerprint density at radius 1 is 1.43 bits per heavy atom. The van der Waals surface area contributed by atoms with Gasteiger partial charge in [-0.15, -0.1) is 0 Å². The van der Waals surface area contributed by atoms with Crippen LogP contribution >= 0.6 is 0 Å². The maximum absolute atomic E-state index is 13.4. The molecule has 2 aromatic rings. The molecule has 0 fully saturated rings. The number of rotatable bonds is 1. The number of halogens is 1. The van der Waals surface area contributed by atoms with E-state index in [9.17, 15) is 9.18 Å². The van der Waals surface area contributed by atoms with E-state index in [0.29, 0.717) is 25.2 Å². The third kappa shape index (κ3) is 2.03. The van der Waals surface area contributed by atoms with Crippen LogP contribution < -0.4 is 10.2 Å². The van der Waals surface area contributed by atoms with Gasteiger partial charge in [0.25, 0.3) is 0 Å². The number of imidazole rings is 1. The molecule has 2 N–H and O–H groups in total. The molecule has 1 aromatic carbocycles. The predicted molar refractivity (Wildman–Crippen MR) is 75.4 cm³/mol. The van der Waals surface area contributed by atoms with E-state index in [4.69, 9.17) is 0 Å². The Kier molecular flexibility index (Phi) is 2.78. The van der Waals surface area contributed by atoms with E-state index in [0.717, 1.165) is 23.4 Å². The van der Waals surface area contributed by atoms with Gasteiger partial charge in [0.05, 0.1) is 23.8 Å². The summed E-state index contributed by atoms with van der Waals surface area (Å²) < 4.78 is 13.4. The Hall–Kier alpha value is -2.21. The second-order valence-electron chi connectivity index (χ2n) is 5.48. The smallest absolute Gasteiger partial charge is 0.244 e. The van der Waals surface area contributed by atoms with Crippen LogP contribution in [0, 0.1) is 5.82 Å². The Morgan fingerprint density at radius 3 is 3.24 bits per heavy atom. The van der Waals surface area contributed by atoms with Crippen LogP contribution in [0.2, 0.25) is 0 Å². The van der Waals surface area contributed by atoms with Crippen molar-refractivity contribution in [2.45, 2.75) is 25.4 Å². The molecule has 0 saturated carbocycles. The molecule has 1 aromatic heterocycles. The minimum absolute atomic E-state index is 0.00648. The van der Waals surface area contributed by atoms with Gasteiger partial charge in [0.1, 0.15) is 5.82 Å². The molecule has 0 bridgehead atoms. The van der Waals surface area contributed by atoms with E-state index in [-0.39, 0.29) is 17.8 Å². The summed E-state index contributed by atoms with van der Waals surface area (Å²) in [5.41, 5.74) is 3.70. The first-order valence-electron chi connectivity index (χ1n) is 7.06. The highest BCUT2D eigenvalue weighted by Gasteiger charge is 2.33. The zero-order valence-corrected chi connectivity index (χ0v) is 11.4. The SMILES string of the molecule is O=C(C1Cc2nc[nH]c2CN1)N1CCc2ccc(F)cc21. The molecule has 5 nitrogen and oxygen atoms in total. The number of hydrogen-bond acceptors (Lipinski definition) is 3. The molecule has 21 heavy (non-hydrogen) atoms. The molecule has 108 valence electrons. The molecular weight excluding hydrogens is 271 g/mol. The van der Waals surface area contributed by atoms with Crippen LogP contribution in [-0.4, -0.2) is 28.5 Å². The van der Waals surface area contributed by atoms with Gasteiger partial charge in [-0.25, -0.2) is 9.37 Å². The summed E-state index contributed by atoms with van der Waals surface area (Å²) in [5.74, 6) is -0.312. The summed E-state index contributed by atoms with van der Waals surface area (Å²) in [6.07, 6.45) is 3.00. The molecule has 2 aliphatic heterocycles. The number of benzene rings is 1. The number of carbonyl (C=O) groups is 1. The van der Waals surface area contributed by atoms with Crippen LogP contribution in [0.4, 0.5) is 10.1 Å². The Balaban J connectivity index is 1.59. The largest absolute Gasteiger partial charge is 0.347 e. The van der Waals surface area contributed by atoms with E-state index in [1.54, 1.807) is 17.3 Å². The van der Waals surface area contributed by atoms with Crippen molar-refractivity contribution in [1.82, 2.24) is 15.3 Å². The Morgan fingerprint density at radius 2 is 2.33 bits per heavy atom. The van der Waals surface area contributed by atoms with Gasteiger partial charge in [-0.3, -0.25) is 10.1 Å². The Bertz CT molecular complexity index is 711. The number of hydrogen-bond donors (Lipinski definition) is 2. The second kappa shape index (κ2) is 4.66. The summed E-state index contributed by atoms with van der Waals surface area (Å²) in [6.45, 7) is 1.22. The van der Waals surface area contributed by atoms with Crippen LogP contribution in [0.5, 0.6) is 0 Å². The zero-order valence-electron chi connectivity index (χ0n) is 11.4. The van der Waals surface area contributed by atoms with Crippen molar-refractivity contribution in [2.75, 3.05) is 11.4 Å². The monoisotopic (exact) mass is 286 g/mol. The van der Waals surface area contributed by atoms with E-state index < -0.39 is 0 Å². The maximum Gasteiger partial charge on any atom is 0.244 e. The first-order chi connectivity index (χ1) is 10.2. The summed E-state index contributed by atoms with van der Waals surface area (Å²) in [6, 6.07) is 4.36. The van der Waals surface area contributed by atoms with Crippen molar-refractivity contribution in [3.05, 3.63) is 47.3 Å². The number of aromatic amines is 1. The van der Waals surface area contributed by atoms with Crippen molar-refractivity contribution in [3.8, 4) is 0 Å². The van der Waals surface area contributed by atoms with Crippen molar-refractivity contribution < 1.29 is 9.18 Å². The number of amides is 1. The number of nitrogens with one attached hydrogen (secondary N) is 2. The molecule has 1 amide bonds. The lowest BCUT2D eigenvalue weighted by Gasteiger charge is -2.27. The summed E-state index contributed by atoms with van der Waals surface area (Å²) in [5, 5.41) is 3.23. The van der Waals surface area contributed by atoms with Crippen molar-refractivity contribution >= 4 is 11.6 Å². The van der Waals surface area contributed by atoms with Crippen LogP contribution in [0.1, 0.15) is 17.0 Å². The molecular formula is C15H15FN4O. The molecule has 2 aliphatic rings. The van der Waals surface area contributed by atoms with Crippen LogP contribution in [-0.2, 0) is 24.2 Å². The number of H-pyrrole nitrogens is 1. The Labute approximate surface area is 121 Å². The summed E-state index contributed by atoms with van der Waals surface area (Å²) >= 11 is 0. The quantitative estimate of drug-likeness (QED) is 0.827. The van der Waals surface area contributed by atoms with Crippen LogP contribution in [0.25, 0.3) is 0 Å². The van der Waals surface area contributed by atoms with Gasteiger partial charge in [-0.1, -0.05) is 6.07 Å². The average molecular weight is 286 g/mol. The van der Waals surface area contributed by atoms with Crippen molar-refractivity contribution in [1.29, 1.82) is 0 Å². The lowest BCUT2D eigenvalue weighted by Crippen LogP contribution is -2.49. The predicted octanol–water partition coefficient (Wildman–Crippen LogP) is 1.15. The van der Waals surface area contributed by atoms with Crippen LogP contribution in [0.15, 0.2) is 24.5 Å². The van der Waals surface area contributed by atoms with E-state index >= 15 is 0 Å². The average Bonchev–Trinajstić information content (AvgIpc) is 3.11. The molecule has 1 atom stereocenters. The number of aromatic nitrogens is 2. The van der Waals surface area contributed by atoms with Crippen molar-refractivity contribution in [3.63, 3.8) is 0 Å². The third-order valence-corrected chi connectivity index (χ3v) is 4.24. The highest BCUT2D eigenvalue weighted by atomic mass is 19.1. The topological polar surface area (TPSA) is 61.0 Å². The lowest BCUT2D eigenvalue weighted by atomic mass is 10.0. The highest BCUT2D eigenvalue weighted by molar-refractivity contribution is 5.99. The van der Waals surface area contributed by atoms with Gasteiger partial charge in [0.2, 0.25) is 5.91 Å². The molecule has 0 saturated heterocycles. The van der Waals surface area contributed by atoms with Gasteiger partial charge in [0.15, 0.2) is 0 Å². The standard InChI is InChI=1S/C15H15FN4O/c16-10-2-1-9-3-4-20(14(9)5-10)15(21)12-6-11-13(7-17-12)19-8-18-11/h1-2,5,8,12,17H,3-4,6-7H2,(H,18,19). The van der Waals surface area contributed by atoms with E-state index in [2.05, 4.69) is 15.3 Å². The van der Waals surface area contributed by atoms with E-state index in [1.807, 2.05) is 0 Å². The summed E-state index contributed by atoms with van der Waals surface area (Å²) in [7, 11) is 0. The van der Waals surface area contributed by atoms with Gasteiger partial charge in [-0.05, 0) is 24.1 Å².